The van der Waals surface area contributed by atoms with Gasteiger partial charge in [0.15, 0.2) is 0 Å². The van der Waals surface area contributed by atoms with E-state index in [-0.39, 0.29) is 12.6 Å². The van der Waals surface area contributed by atoms with Gasteiger partial charge in [0.2, 0.25) is 0 Å². The van der Waals surface area contributed by atoms with E-state index in [9.17, 15) is 5.11 Å². The number of benzene rings is 1. The van der Waals surface area contributed by atoms with Gasteiger partial charge in [0.1, 0.15) is 0 Å². The van der Waals surface area contributed by atoms with Crippen molar-refractivity contribution in [3.63, 3.8) is 0 Å². The van der Waals surface area contributed by atoms with Gasteiger partial charge in [-0.05, 0) is 31.7 Å². The van der Waals surface area contributed by atoms with E-state index in [4.69, 9.17) is 0 Å². The molecule has 2 nitrogen and oxygen atoms in total. The molecular weight excluding hydrogens is 210 g/mol. The van der Waals surface area contributed by atoms with E-state index < -0.39 is 0 Å². The van der Waals surface area contributed by atoms with Crippen LogP contribution in [0.3, 0.4) is 0 Å². The Labute approximate surface area is 104 Å². The van der Waals surface area contributed by atoms with E-state index in [0.29, 0.717) is 6.04 Å². The third kappa shape index (κ3) is 5.66. The predicted octanol–water partition coefficient (Wildman–Crippen LogP) is 2.53. The molecule has 1 aromatic carbocycles. The number of hydrogen-bond acceptors (Lipinski definition) is 2. The number of aliphatic hydroxyl groups excluding tert-OH is 1. The van der Waals surface area contributed by atoms with Gasteiger partial charge >= 0.3 is 0 Å². The standard InChI is InChI=1S/C15H23NO/c1-3-4-8-13(2)16-15(12-17)11-14-9-6-5-7-10-14/h3,5-7,9-10,13,15-17H,1,4,8,11-12H2,2H3/t13?,15-/m1/s1. The van der Waals surface area contributed by atoms with Gasteiger partial charge in [0.05, 0.1) is 6.61 Å². The average molecular weight is 233 g/mol. The second kappa shape index (κ2) is 8.04. The molecule has 0 heterocycles. The van der Waals surface area contributed by atoms with Crippen molar-refractivity contribution in [3.05, 3.63) is 48.6 Å². The first-order valence-electron chi connectivity index (χ1n) is 6.28. The van der Waals surface area contributed by atoms with Crippen LogP contribution >= 0.6 is 0 Å². The molecule has 0 aliphatic rings. The van der Waals surface area contributed by atoms with Gasteiger partial charge in [0, 0.05) is 12.1 Å². The van der Waals surface area contributed by atoms with Crippen molar-refractivity contribution in [2.45, 2.75) is 38.3 Å². The zero-order chi connectivity index (χ0) is 12.5. The molecule has 0 radical (unpaired) electrons. The predicted molar refractivity (Wildman–Crippen MR) is 73.0 cm³/mol. The quantitative estimate of drug-likeness (QED) is 0.676. The topological polar surface area (TPSA) is 32.3 Å². The SMILES string of the molecule is C=CCCC(C)N[C@@H](CO)Cc1ccccc1. The zero-order valence-electron chi connectivity index (χ0n) is 10.6. The summed E-state index contributed by atoms with van der Waals surface area (Å²) in [5.74, 6) is 0. The molecular formula is C15H23NO. The van der Waals surface area contributed by atoms with E-state index in [0.717, 1.165) is 19.3 Å². The molecule has 0 spiro atoms. The van der Waals surface area contributed by atoms with Crippen LogP contribution in [0.15, 0.2) is 43.0 Å². The fraction of sp³-hybridized carbons (Fsp3) is 0.467. The third-order valence-corrected chi connectivity index (χ3v) is 2.87. The maximum absolute atomic E-state index is 9.38. The lowest BCUT2D eigenvalue weighted by Crippen LogP contribution is -2.40. The highest BCUT2D eigenvalue weighted by atomic mass is 16.3. The molecule has 2 N–H and O–H groups in total. The Morgan fingerprint density at radius 2 is 2.06 bits per heavy atom. The van der Waals surface area contributed by atoms with Crippen LogP contribution in [0.2, 0.25) is 0 Å². The van der Waals surface area contributed by atoms with Crippen LogP contribution in [0.25, 0.3) is 0 Å². The van der Waals surface area contributed by atoms with Crippen LogP contribution in [0.4, 0.5) is 0 Å². The summed E-state index contributed by atoms with van der Waals surface area (Å²) >= 11 is 0. The van der Waals surface area contributed by atoms with Gasteiger partial charge in [-0.3, -0.25) is 0 Å². The lowest BCUT2D eigenvalue weighted by Gasteiger charge is -2.21. The molecule has 0 saturated carbocycles. The van der Waals surface area contributed by atoms with Crippen molar-refractivity contribution in [2.75, 3.05) is 6.61 Å². The van der Waals surface area contributed by atoms with Crippen molar-refractivity contribution in [2.24, 2.45) is 0 Å². The lowest BCUT2D eigenvalue weighted by atomic mass is 10.0. The highest BCUT2D eigenvalue weighted by Gasteiger charge is 2.11. The molecule has 94 valence electrons. The molecule has 1 unspecified atom stereocenters. The maximum atomic E-state index is 9.38. The Balaban J connectivity index is 2.40. The molecule has 0 aliphatic carbocycles. The largest absolute Gasteiger partial charge is 0.395 e. The number of allylic oxidation sites excluding steroid dienone is 1. The molecule has 2 atom stereocenters. The molecule has 17 heavy (non-hydrogen) atoms. The minimum atomic E-state index is 0.136. The van der Waals surface area contributed by atoms with Gasteiger partial charge in [-0.25, -0.2) is 0 Å². The van der Waals surface area contributed by atoms with Gasteiger partial charge in [-0.2, -0.15) is 0 Å². The average Bonchev–Trinajstić information content (AvgIpc) is 2.36. The van der Waals surface area contributed by atoms with Crippen LogP contribution in [0.1, 0.15) is 25.3 Å². The Morgan fingerprint density at radius 3 is 2.65 bits per heavy atom. The molecule has 1 rings (SSSR count). The van der Waals surface area contributed by atoms with Gasteiger partial charge in [-0.1, -0.05) is 36.4 Å². The first-order valence-corrected chi connectivity index (χ1v) is 6.28. The van der Waals surface area contributed by atoms with Crippen molar-refractivity contribution in [3.8, 4) is 0 Å². The number of aliphatic hydroxyl groups is 1. The highest BCUT2D eigenvalue weighted by molar-refractivity contribution is 5.15. The summed E-state index contributed by atoms with van der Waals surface area (Å²) < 4.78 is 0. The van der Waals surface area contributed by atoms with Crippen LogP contribution in [0.5, 0.6) is 0 Å². The van der Waals surface area contributed by atoms with Crippen LogP contribution in [-0.4, -0.2) is 23.8 Å². The Bertz CT molecular complexity index is 310. The molecule has 0 aliphatic heterocycles. The monoisotopic (exact) mass is 233 g/mol. The Morgan fingerprint density at radius 1 is 1.35 bits per heavy atom. The molecule has 0 fully saturated rings. The third-order valence-electron chi connectivity index (χ3n) is 2.87. The zero-order valence-corrected chi connectivity index (χ0v) is 10.6. The van der Waals surface area contributed by atoms with E-state index in [1.165, 1.54) is 5.56 Å². The molecule has 0 saturated heterocycles. The number of rotatable bonds is 8. The first-order chi connectivity index (χ1) is 8.26. The van der Waals surface area contributed by atoms with Crippen molar-refractivity contribution >= 4 is 0 Å². The lowest BCUT2D eigenvalue weighted by molar-refractivity contribution is 0.230. The first kappa shape index (κ1) is 13.9. The van der Waals surface area contributed by atoms with Crippen molar-refractivity contribution in [1.82, 2.24) is 5.32 Å². The van der Waals surface area contributed by atoms with E-state index in [1.54, 1.807) is 0 Å². The van der Waals surface area contributed by atoms with Gasteiger partial charge < -0.3 is 10.4 Å². The molecule has 0 aromatic heterocycles. The van der Waals surface area contributed by atoms with Crippen molar-refractivity contribution in [1.29, 1.82) is 0 Å². The number of nitrogens with one attached hydrogen (secondary N) is 1. The fourth-order valence-electron chi connectivity index (χ4n) is 1.93. The molecule has 2 heteroatoms. The second-order valence-electron chi connectivity index (χ2n) is 4.50. The molecule has 0 bridgehead atoms. The maximum Gasteiger partial charge on any atom is 0.0587 e. The van der Waals surface area contributed by atoms with Gasteiger partial charge in [-0.15, -0.1) is 6.58 Å². The summed E-state index contributed by atoms with van der Waals surface area (Å²) in [6.45, 7) is 6.05. The minimum absolute atomic E-state index is 0.136. The Kier molecular flexibility index (Phi) is 6.60. The summed E-state index contributed by atoms with van der Waals surface area (Å²) in [6, 6.07) is 10.8. The summed E-state index contributed by atoms with van der Waals surface area (Å²) in [6.07, 6.45) is 4.88. The van der Waals surface area contributed by atoms with Crippen LogP contribution in [0, 0.1) is 0 Å². The fourth-order valence-corrected chi connectivity index (χ4v) is 1.93. The summed E-state index contributed by atoms with van der Waals surface area (Å²) in [5.41, 5.74) is 1.26. The normalized spacial score (nSPS) is 14.2. The summed E-state index contributed by atoms with van der Waals surface area (Å²) in [4.78, 5) is 0. The number of hydrogen-bond donors (Lipinski definition) is 2. The van der Waals surface area contributed by atoms with E-state index in [2.05, 4.69) is 31.0 Å². The van der Waals surface area contributed by atoms with E-state index >= 15 is 0 Å². The minimum Gasteiger partial charge on any atom is -0.395 e. The smallest absolute Gasteiger partial charge is 0.0587 e. The highest BCUT2D eigenvalue weighted by Crippen LogP contribution is 2.05. The van der Waals surface area contributed by atoms with Crippen molar-refractivity contribution < 1.29 is 5.11 Å². The second-order valence-corrected chi connectivity index (χ2v) is 4.50. The molecule has 0 amide bonds. The van der Waals surface area contributed by atoms with Crippen LogP contribution < -0.4 is 5.32 Å². The summed E-state index contributed by atoms with van der Waals surface area (Å²) in [7, 11) is 0. The van der Waals surface area contributed by atoms with Gasteiger partial charge in [0.25, 0.3) is 0 Å². The van der Waals surface area contributed by atoms with Crippen LogP contribution in [-0.2, 0) is 6.42 Å². The summed E-state index contributed by atoms with van der Waals surface area (Å²) in [5, 5.41) is 12.8. The molecule has 1 aromatic rings. The van der Waals surface area contributed by atoms with E-state index in [1.807, 2.05) is 24.3 Å². The Hall–Kier alpha value is -1.12.